The Labute approximate surface area is 255 Å². The van der Waals surface area contributed by atoms with Gasteiger partial charge in [0.1, 0.15) is 30.5 Å². The van der Waals surface area contributed by atoms with E-state index in [1.165, 1.54) is 15.5 Å². The molecule has 248 valence electrons. The number of phosphoric acid groups is 1. The third-order valence-corrected chi connectivity index (χ3v) is 9.82. The van der Waals surface area contributed by atoms with Crippen molar-refractivity contribution in [3.63, 3.8) is 0 Å². The smallest absolute Gasteiger partial charge is 0.386 e. The Hall–Kier alpha value is -3.60. The average molecular weight is 687 g/mol. The molecule has 10 atom stereocenters. The molecule has 3 fully saturated rings. The van der Waals surface area contributed by atoms with Crippen LogP contribution in [0.5, 0.6) is 0 Å². The standard InChI is InChI=1S/C21H27N11O12P2/c1-45(36)39-2-6-12(8(22)18(41-6)31-4-25-9-14(31)27-20(23)29-16(9)34)44-46(37,38)40-3-7-13(43-45)11(33)19(42-7)32-5-26-10-15(32)28-21(24)30-17(10)35/h4-8,11-13,18-19,33H,2-3,22H2,1H3,(H,37,38)(H3,23,27,29,34)(H3,24,28,30,35). The molecule has 0 bridgehead atoms. The molecule has 10 N–H and O–H groups in total. The molecule has 4 aromatic rings. The molecule has 0 aromatic carbocycles. The lowest BCUT2D eigenvalue weighted by Crippen LogP contribution is -2.42. The number of aromatic nitrogens is 8. The van der Waals surface area contributed by atoms with Crippen LogP contribution in [0.2, 0.25) is 0 Å². The summed E-state index contributed by atoms with van der Waals surface area (Å²) in [5.41, 5.74) is 16.3. The molecule has 0 spiro atoms. The first-order valence-electron chi connectivity index (χ1n) is 13.5. The molecule has 4 aromatic heterocycles. The predicted molar refractivity (Wildman–Crippen MR) is 152 cm³/mol. The lowest BCUT2D eigenvalue weighted by Gasteiger charge is -2.29. The Kier molecular flexibility index (Phi) is 7.41. The Balaban J connectivity index is 1.18. The molecule has 3 saturated heterocycles. The van der Waals surface area contributed by atoms with Crippen molar-refractivity contribution in [2.24, 2.45) is 5.73 Å². The second kappa shape index (κ2) is 11.0. The van der Waals surface area contributed by atoms with Gasteiger partial charge in [0.05, 0.1) is 31.9 Å². The van der Waals surface area contributed by atoms with Crippen LogP contribution in [0.1, 0.15) is 12.5 Å². The van der Waals surface area contributed by atoms with Gasteiger partial charge in [0, 0.05) is 6.66 Å². The van der Waals surface area contributed by atoms with E-state index in [2.05, 4.69) is 29.9 Å². The van der Waals surface area contributed by atoms with Crippen LogP contribution in [0.3, 0.4) is 0 Å². The van der Waals surface area contributed by atoms with Crippen LogP contribution in [0.25, 0.3) is 22.3 Å². The van der Waals surface area contributed by atoms with E-state index < -0.39 is 88.8 Å². The van der Waals surface area contributed by atoms with E-state index in [0.29, 0.717) is 0 Å². The summed E-state index contributed by atoms with van der Waals surface area (Å²) in [5.74, 6) is -0.437. The van der Waals surface area contributed by atoms with E-state index in [-0.39, 0.29) is 34.2 Å². The summed E-state index contributed by atoms with van der Waals surface area (Å²) in [6.45, 7) is -0.127. The minimum atomic E-state index is -4.96. The maximum atomic E-state index is 13.6. The quantitative estimate of drug-likeness (QED) is 0.108. The van der Waals surface area contributed by atoms with Gasteiger partial charge in [-0.25, -0.2) is 14.5 Å². The summed E-state index contributed by atoms with van der Waals surface area (Å²) in [4.78, 5) is 56.0. The van der Waals surface area contributed by atoms with E-state index in [0.717, 1.165) is 13.0 Å². The summed E-state index contributed by atoms with van der Waals surface area (Å²) in [6, 6.07) is -1.21. The highest BCUT2D eigenvalue weighted by Crippen LogP contribution is 2.53. The molecule has 0 amide bonds. The van der Waals surface area contributed by atoms with Crippen molar-refractivity contribution in [3.8, 4) is 0 Å². The lowest BCUT2D eigenvalue weighted by molar-refractivity contribution is -0.0621. The maximum Gasteiger partial charge on any atom is 0.472 e. The lowest BCUT2D eigenvalue weighted by atomic mass is 10.1. The van der Waals surface area contributed by atoms with Crippen molar-refractivity contribution in [1.82, 2.24) is 39.0 Å². The second-order valence-electron chi connectivity index (χ2n) is 10.7. The number of aliphatic hydroxyl groups is 1. The molecule has 0 saturated carbocycles. The van der Waals surface area contributed by atoms with Gasteiger partial charge in [0.25, 0.3) is 11.1 Å². The zero-order valence-corrected chi connectivity index (χ0v) is 25.3. The van der Waals surface area contributed by atoms with Crippen molar-refractivity contribution >= 4 is 49.6 Å². The molecule has 23 nitrogen and oxygen atoms in total. The number of ether oxygens (including phenoxy) is 2. The third kappa shape index (κ3) is 5.34. The largest absolute Gasteiger partial charge is 0.472 e. The number of aromatic amines is 2. The molecule has 0 radical (unpaired) electrons. The summed E-state index contributed by atoms with van der Waals surface area (Å²) < 4.78 is 63.1. The molecule has 3 aliphatic heterocycles. The molecular weight excluding hydrogens is 660 g/mol. The number of imidazole rings is 2. The molecule has 0 aliphatic carbocycles. The van der Waals surface area contributed by atoms with Gasteiger partial charge in [-0.15, -0.1) is 0 Å². The Morgan fingerprint density at radius 3 is 2.00 bits per heavy atom. The summed E-state index contributed by atoms with van der Waals surface area (Å²) in [6.07, 6.45) is -7.19. The van der Waals surface area contributed by atoms with Gasteiger partial charge in [0.15, 0.2) is 34.8 Å². The highest BCUT2D eigenvalue weighted by Gasteiger charge is 2.53. The highest BCUT2D eigenvalue weighted by atomic mass is 31.2. The minimum Gasteiger partial charge on any atom is -0.386 e. The Morgan fingerprint density at radius 2 is 1.39 bits per heavy atom. The van der Waals surface area contributed by atoms with Gasteiger partial charge >= 0.3 is 15.4 Å². The fourth-order valence-electron chi connectivity index (χ4n) is 5.57. The van der Waals surface area contributed by atoms with Gasteiger partial charge in [-0.2, -0.15) is 9.97 Å². The van der Waals surface area contributed by atoms with Crippen molar-refractivity contribution < 1.29 is 46.7 Å². The topological polar surface area (TPSA) is 335 Å². The summed E-state index contributed by atoms with van der Waals surface area (Å²) in [7, 11) is -9.02. The number of H-pyrrole nitrogens is 2. The fourth-order valence-corrected chi connectivity index (χ4v) is 7.73. The number of rotatable bonds is 2. The Bertz CT molecular complexity index is 1900. The number of fused-ring (bicyclic) bond motifs is 4. The first kappa shape index (κ1) is 31.0. The molecule has 7 rings (SSSR count). The van der Waals surface area contributed by atoms with Gasteiger partial charge < -0.3 is 41.2 Å². The monoisotopic (exact) mass is 687 g/mol. The average Bonchev–Trinajstić information content (AvgIpc) is 3.72. The first-order chi connectivity index (χ1) is 21.7. The van der Waals surface area contributed by atoms with Crippen LogP contribution in [-0.2, 0) is 36.7 Å². The highest BCUT2D eigenvalue weighted by molar-refractivity contribution is 7.53. The minimum absolute atomic E-state index is 0.00884. The maximum absolute atomic E-state index is 13.6. The molecule has 3 aliphatic rings. The van der Waals surface area contributed by atoms with Crippen LogP contribution in [0, 0.1) is 0 Å². The number of hydrogen-bond donors (Lipinski definition) is 7. The number of nitrogens with two attached hydrogens (primary N) is 3. The second-order valence-corrected chi connectivity index (χ2v) is 14.1. The van der Waals surface area contributed by atoms with Crippen LogP contribution >= 0.6 is 15.4 Å². The molecule has 10 unspecified atom stereocenters. The number of hydrogen-bond acceptors (Lipinski definition) is 18. The van der Waals surface area contributed by atoms with E-state index in [1.54, 1.807) is 0 Å². The zero-order valence-electron chi connectivity index (χ0n) is 23.5. The van der Waals surface area contributed by atoms with Crippen LogP contribution < -0.4 is 28.3 Å². The van der Waals surface area contributed by atoms with Crippen LogP contribution in [0.15, 0.2) is 22.2 Å². The fraction of sp³-hybridized carbons (Fsp3) is 0.524. The van der Waals surface area contributed by atoms with E-state index >= 15 is 0 Å². The number of phosphoric ester groups is 1. The number of anilines is 2. The summed E-state index contributed by atoms with van der Waals surface area (Å²) in [5, 5.41) is 11.2. The van der Waals surface area contributed by atoms with Crippen LogP contribution in [-0.4, -0.2) is 105 Å². The number of nitrogen functional groups attached to an aromatic ring is 2. The summed E-state index contributed by atoms with van der Waals surface area (Å²) >= 11 is 0. The van der Waals surface area contributed by atoms with Gasteiger partial charge in [-0.1, -0.05) is 0 Å². The van der Waals surface area contributed by atoms with Crippen molar-refractivity contribution in [2.75, 3.05) is 31.3 Å². The molecule has 25 heteroatoms. The van der Waals surface area contributed by atoms with Crippen LogP contribution in [0.4, 0.5) is 11.9 Å². The first-order valence-corrected chi connectivity index (χ1v) is 17.0. The zero-order chi connectivity index (χ0) is 32.7. The number of nitrogens with zero attached hydrogens (tertiary/aromatic N) is 6. The molecule has 46 heavy (non-hydrogen) atoms. The van der Waals surface area contributed by atoms with Crippen molar-refractivity contribution in [1.29, 1.82) is 0 Å². The van der Waals surface area contributed by atoms with E-state index in [9.17, 15) is 28.7 Å². The normalized spacial score (nSPS) is 37.1. The van der Waals surface area contributed by atoms with Gasteiger partial charge in [-0.05, 0) is 0 Å². The predicted octanol–water partition coefficient (Wildman–Crippen LogP) is -2.36. The SMILES string of the molecule is CP1(=O)OCC2OC(n3cnc4c(=O)[nH]c(N)nc43)C(N)C2OP(=O)(O)OCC2OC(n3cnc4c(=O)[nH]c(N)nc43)C(O)C2O1. The van der Waals surface area contributed by atoms with E-state index in [1.807, 2.05) is 0 Å². The van der Waals surface area contributed by atoms with Gasteiger partial charge in [0.2, 0.25) is 11.9 Å². The number of nitrogens with one attached hydrogen (secondary N) is 2. The van der Waals surface area contributed by atoms with Crippen molar-refractivity contribution in [2.45, 2.75) is 49.0 Å². The van der Waals surface area contributed by atoms with Crippen molar-refractivity contribution in [3.05, 3.63) is 33.4 Å². The Morgan fingerprint density at radius 1 is 0.870 bits per heavy atom. The van der Waals surface area contributed by atoms with E-state index in [4.69, 9.17) is 44.8 Å². The molecule has 7 heterocycles. The third-order valence-electron chi connectivity index (χ3n) is 7.59. The molecular formula is C21H27N11O12P2. The van der Waals surface area contributed by atoms with Gasteiger partial charge in [-0.3, -0.25) is 46.8 Å². The number of aliphatic hydroxyl groups excluding tert-OH is 1.